The maximum atomic E-state index is 12.1. The predicted molar refractivity (Wildman–Crippen MR) is 92.3 cm³/mol. The summed E-state index contributed by atoms with van der Waals surface area (Å²) in [4.78, 5) is 12.1. The summed E-state index contributed by atoms with van der Waals surface area (Å²) in [5.74, 6) is 1.20. The maximum Gasteiger partial charge on any atom is 0.262 e. The minimum absolute atomic E-state index is 0.0369. The number of anilines is 1. The first-order valence-electron chi connectivity index (χ1n) is 7.56. The largest absolute Gasteiger partial charge is 0.497 e. The van der Waals surface area contributed by atoms with Crippen molar-refractivity contribution in [3.05, 3.63) is 54.1 Å². The smallest absolute Gasteiger partial charge is 0.262 e. The molecule has 1 amide bonds. The number of carbonyl (C=O) groups excluding carboxylic acids is 1. The summed E-state index contributed by atoms with van der Waals surface area (Å²) in [5, 5.41) is 2.92. The van der Waals surface area contributed by atoms with Crippen molar-refractivity contribution in [1.82, 2.24) is 0 Å². The van der Waals surface area contributed by atoms with Crippen LogP contribution in [0, 0.1) is 0 Å². The highest BCUT2D eigenvalue weighted by molar-refractivity contribution is 5.92. The molecular formula is C19H23NO3. The van der Waals surface area contributed by atoms with Gasteiger partial charge in [0.05, 0.1) is 7.11 Å². The molecule has 0 unspecified atom stereocenters. The van der Waals surface area contributed by atoms with Gasteiger partial charge < -0.3 is 14.8 Å². The van der Waals surface area contributed by atoms with Crippen LogP contribution in [0.4, 0.5) is 5.69 Å². The first-order valence-corrected chi connectivity index (χ1v) is 7.56. The Morgan fingerprint density at radius 3 is 2.22 bits per heavy atom. The molecule has 0 radical (unpaired) electrons. The predicted octanol–water partition coefficient (Wildman–Crippen LogP) is 4.01. The molecule has 4 heteroatoms. The average molecular weight is 313 g/mol. The van der Waals surface area contributed by atoms with Crippen LogP contribution in [-0.4, -0.2) is 19.6 Å². The quantitative estimate of drug-likeness (QED) is 0.907. The van der Waals surface area contributed by atoms with E-state index < -0.39 is 0 Å². The minimum atomic E-state index is -0.183. The summed E-state index contributed by atoms with van der Waals surface area (Å²) in [5.41, 5.74) is 1.88. The molecule has 2 aromatic rings. The van der Waals surface area contributed by atoms with Gasteiger partial charge in [0.1, 0.15) is 11.5 Å². The first kappa shape index (κ1) is 16.9. The molecule has 0 aliphatic heterocycles. The summed E-state index contributed by atoms with van der Waals surface area (Å²) in [6.07, 6.45) is 0. The summed E-state index contributed by atoms with van der Waals surface area (Å²) in [6.45, 7) is 6.31. The van der Waals surface area contributed by atoms with Crippen molar-refractivity contribution in [2.75, 3.05) is 19.0 Å². The van der Waals surface area contributed by atoms with E-state index in [4.69, 9.17) is 9.47 Å². The highest BCUT2D eigenvalue weighted by Gasteiger charge is 2.18. The molecule has 122 valence electrons. The van der Waals surface area contributed by atoms with Gasteiger partial charge in [-0.15, -0.1) is 0 Å². The van der Waals surface area contributed by atoms with Crippen LogP contribution in [-0.2, 0) is 10.2 Å². The van der Waals surface area contributed by atoms with E-state index in [2.05, 4.69) is 26.1 Å². The second-order valence-corrected chi connectivity index (χ2v) is 6.31. The van der Waals surface area contributed by atoms with Crippen LogP contribution in [0.1, 0.15) is 26.3 Å². The zero-order chi connectivity index (χ0) is 16.9. The lowest BCUT2D eigenvalue weighted by Crippen LogP contribution is -2.23. The van der Waals surface area contributed by atoms with E-state index in [1.165, 1.54) is 0 Å². The lowest BCUT2D eigenvalue weighted by molar-refractivity contribution is -0.118. The van der Waals surface area contributed by atoms with Gasteiger partial charge in [-0.25, -0.2) is 0 Å². The van der Waals surface area contributed by atoms with Crippen molar-refractivity contribution in [2.24, 2.45) is 0 Å². The van der Waals surface area contributed by atoms with Gasteiger partial charge in [0.25, 0.3) is 5.91 Å². The number of nitrogens with one attached hydrogen (secondary N) is 1. The number of rotatable bonds is 5. The molecule has 0 bridgehead atoms. The van der Waals surface area contributed by atoms with E-state index in [0.717, 1.165) is 17.0 Å². The number of amides is 1. The fraction of sp³-hybridized carbons (Fsp3) is 0.316. The molecule has 0 heterocycles. The van der Waals surface area contributed by atoms with E-state index in [9.17, 15) is 4.79 Å². The Labute approximate surface area is 137 Å². The topological polar surface area (TPSA) is 47.6 Å². The molecule has 23 heavy (non-hydrogen) atoms. The molecule has 4 nitrogen and oxygen atoms in total. The van der Waals surface area contributed by atoms with Crippen LogP contribution < -0.4 is 14.8 Å². The lowest BCUT2D eigenvalue weighted by Gasteiger charge is -2.23. The highest BCUT2D eigenvalue weighted by atomic mass is 16.5. The monoisotopic (exact) mass is 313 g/mol. The zero-order valence-corrected chi connectivity index (χ0v) is 14.1. The Morgan fingerprint density at radius 1 is 1.00 bits per heavy atom. The van der Waals surface area contributed by atoms with Gasteiger partial charge in [-0.2, -0.15) is 0 Å². The Bertz CT molecular complexity index is 657. The average Bonchev–Trinajstić information content (AvgIpc) is 2.53. The van der Waals surface area contributed by atoms with Crippen molar-refractivity contribution in [3.8, 4) is 11.5 Å². The first-order chi connectivity index (χ1) is 10.9. The number of benzene rings is 2. The van der Waals surface area contributed by atoms with Gasteiger partial charge in [-0.3, -0.25) is 4.79 Å². The minimum Gasteiger partial charge on any atom is -0.497 e. The number of ether oxygens (including phenoxy) is 2. The van der Waals surface area contributed by atoms with Crippen LogP contribution in [0.3, 0.4) is 0 Å². The van der Waals surface area contributed by atoms with Crippen LogP contribution in [0.5, 0.6) is 11.5 Å². The third-order valence-corrected chi connectivity index (χ3v) is 3.44. The summed E-state index contributed by atoms with van der Waals surface area (Å²) in [7, 11) is 1.61. The van der Waals surface area contributed by atoms with Crippen molar-refractivity contribution >= 4 is 11.6 Å². The van der Waals surface area contributed by atoms with Gasteiger partial charge in [0, 0.05) is 5.69 Å². The number of carbonyl (C=O) groups is 1. The molecule has 0 fully saturated rings. The molecule has 1 N–H and O–H groups in total. The summed E-state index contributed by atoms with van der Waals surface area (Å²) in [6, 6.07) is 15.0. The van der Waals surface area contributed by atoms with Crippen LogP contribution >= 0.6 is 0 Å². The van der Waals surface area contributed by atoms with E-state index in [-0.39, 0.29) is 17.9 Å². The molecule has 0 saturated heterocycles. The van der Waals surface area contributed by atoms with Crippen molar-refractivity contribution in [1.29, 1.82) is 0 Å². The summed E-state index contributed by atoms with van der Waals surface area (Å²) >= 11 is 0. The van der Waals surface area contributed by atoms with E-state index >= 15 is 0 Å². The van der Waals surface area contributed by atoms with Gasteiger partial charge in [-0.05, 0) is 41.3 Å². The molecule has 2 aromatic carbocycles. The lowest BCUT2D eigenvalue weighted by atomic mass is 9.86. The molecule has 2 rings (SSSR count). The number of methoxy groups -OCH3 is 1. The van der Waals surface area contributed by atoms with Crippen LogP contribution in [0.25, 0.3) is 0 Å². The summed E-state index contributed by atoms with van der Waals surface area (Å²) < 4.78 is 10.6. The third kappa shape index (κ3) is 4.74. The van der Waals surface area contributed by atoms with Gasteiger partial charge in [0.15, 0.2) is 6.61 Å². The fourth-order valence-electron chi connectivity index (χ4n) is 2.25. The Balaban J connectivity index is 1.97. The number of hydrogen-bond donors (Lipinski definition) is 1. The van der Waals surface area contributed by atoms with E-state index in [1.807, 2.05) is 24.3 Å². The van der Waals surface area contributed by atoms with Crippen LogP contribution in [0.15, 0.2) is 48.5 Å². The maximum absolute atomic E-state index is 12.1. The molecule has 0 aliphatic carbocycles. The second-order valence-electron chi connectivity index (χ2n) is 6.31. The molecule has 0 aliphatic rings. The van der Waals surface area contributed by atoms with E-state index in [1.54, 1.807) is 31.4 Å². The Morgan fingerprint density at radius 2 is 1.61 bits per heavy atom. The standard InChI is InChI=1S/C19H23NO3/c1-19(2,3)16-7-5-6-8-17(16)20-18(21)13-23-15-11-9-14(22-4)10-12-15/h5-12H,13H2,1-4H3,(H,20,21). The second kappa shape index (κ2) is 7.18. The molecule has 0 atom stereocenters. The van der Waals surface area contributed by atoms with Crippen molar-refractivity contribution in [3.63, 3.8) is 0 Å². The SMILES string of the molecule is COc1ccc(OCC(=O)Nc2ccccc2C(C)(C)C)cc1. The number of para-hydroxylation sites is 1. The van der Waals surface area contributed by atoms with Gasteiger partial charge in [-0.1, -0.05) is 39.0 Å². The molecule has 0 spiro atoms. The highest BCUT2D eigenvalue weighted by Crippen LogP contribution is 2.29. The van der Waals surface area contributed by atoms with Crippen LogP contribution in [0.2, 0.25) is 0 Å². The molecule has 0 saturated carbocycles. The van der Waals surface area contributed by atoms with Crippen molar-refractivity contribution < 1.29 is 14.3 Å². The van der Waals surface area contributed by atoms with E-state index in [0.29, 0.717) is 5.75 Å². The van der Waals surface area contributed by atoms with Gasteiger partial charge in [0.2, 0.25) is 0 Å². The van der Waals surface area contributed by atoms with Crippen molar-refractivity contribution in [2.45, 2.75) is 26.2 Å². The Kier molecular flexibility index (Phi) is 5.27. The third-order valence-electron chi connectivity index (χ3n) is 3.44. The zero-order valence-electron chi connectivity index (χ0n) is 14.1. The van der Waals surface area contributed by atoms with Gasteiger partial charge >= 0.3 is 0 Å². The number of hydrogen-bond acceptors (Lipinski definition) is 3. The molecular weight excluding hydrogens is 290 g/mol. The fourth-order valence-corrected chi connectivity index (χ4v) is 2.25. The molecule has 0 aromatic heterocycles. The Hall–Kier alpha value is -2.49. The normalized spacial score (nSPS) is 11.0.